The average molecular weight is 364 g/mol. The van der Waals surface area contributed by atoms with Crippen LogP contribution in [0, 0.1) is 5.92 Å². The highest BCUT2D eigenvalue weighted by Crippen LogP contribution is 1.89. The summed E-state index contributed by atoms with van der Waals surface area (Å²) in [6, 6.07) is 0. The maximum absolute atomic E-state index is 11.3. The number of carbonyl (C=O) groups excluding carboxylic acids is 2. The number of amides is 2. The van der Waals surface area contributed by atoms with Crippen molar-refractivity contribution in [1.29, 1.82) is 0 Å². The molecule has 0 aromatic carbocycles. The number of methoxy groups -OCH3 is 1. The second kappa shape index (κ2) is 20.8. The topological polar surface area (TPSA) is 95.1 Å². The zero-order valence-corrected chi connectivity index (χ0v) is 16.4. The summed E-state index contributed by atoms with van der Waals surface area (Å²) < 4.78 is 20.6. The van der Waals surface area contributed by atoms with Crippen LogP contribution in [0.25, 0.3) is 0 Å². The van der Waals surface area contributed by atoms with Crippen LogP contribution in [-0.4, -0.2) is 78.3 Å². The van der Waals surface area contributed by atoms with Crippen molar-refractivity contribution in [2.45, 2.75) is 27.7 Å². The van der Waals surface area contributed by atoms with Crippen LogP contribution in [0.5, 0.6) is 0 Å². The lowest BCUT2D eigenvalue weighted by molar-refractivity contribution is -0.125. The van der Waals surface area contributed by atoms with E-state index in [4.69, 9.17) is 14.2 Å². The Morgan fingerprint density at radius 2 is 1.24 bits per heavy atom. The van der Waals surface area contributed by atoms with E-state index in [0.29, 0.717) is 52.7 Å². The maximum Gasteiger partial charge on any atom is 0.246 e. The van der Waals surface area contributed by atoms with Crippen LogP contribution >= 0.6 is 0 Å². The Balaban J connectivity index is 0. The van der Waals surface area contributed by atoms with Gasteiger partial charge in [-0.15, -0.1) is 0 Å². The number of rotatable bonds is 15. The summed E-state index contributed by atoms with van der Waals surface area (Å²) in [6.07, 6.45) is 0. The molecule has 0 radical (unpaired) electrons. The minimum atomic E-state index is -0.158. The third-order valence-corrected chi connectivity index (χ3v) is 2.66. The molecule has 0 bridgehead atoms. The Labute approximate surface area is 151 Å². The van der Waals surface area contributed by atoms with Gasteiger partial charge in [0.15, 0.2) is 0 Å². The average Bonchev–Trinajstić information content (AvgIpc) is 2.60. The van der Waals surface area contributed by atoms with Crippen LogP contribution in [0.1, 0.15) is 27.7 Å². The Kier molecular flexibility index (Phi) is 21.7. The number of nitrogens with one attached hydrogen (secondary N) is 2. The summed E-state index contributed by atoms with van der Waals surface area (Å²) in [6.45, 7) is 11.5. The molecule has 2 N–H and O–H groups in total. The van der Waals surface area contributed by atoms with Crippen molar-refractivity contribution in [3.8, 4) is 0 Å². The van der Waals surface area contributed by atoms with Gasteiger partial charge in [0.1, 0.15) is 6.61 Å². The monoisotopic (exact) mass is 364 g/mol. The van der Waals surface area contributed by atoms with Gasteiger partial charge in [0.25, 0.3) is 0 Å². The van der Waals surface area contributed by atoms with E-state index in [2.05, 4.69) is 15.4 Å². The molecular formula is C17H36N2O6. The molecule has 0 aliphatic heterocycles. The van der Waals surface area contributed by atoms with Gasteiger partial charge in [-0.2, -0.15) is 0 Å². The van der Waals surface area contributed by atoms with E-state index in [-0.39, 0.29) is 24.3 Å². The highest BCUT2D eigenvalue weighted by Gasteiger charge is 2.04. The summed E-state index contributed by atoms with van der Waals surface area (Å²) in [5.74, 6) is -0.138. The first-order valence-electron chi connectivity index (χ1n) is 8.84. The molecule has 0 rings (SSSR count). The fourth-order valence-corrected chi connectivity index (χ4v) is 1.44. The highest BCUT2D eigenvalue weighted by molar-refractivity contribution is 5.77. The number of ether oxygens (including phenoxy) is 4. The Morgan fingerprint density at radius 1 is 0.800 bits per heavy atom. The predicted octanol–water partition coefficient (Wildman–Crippen LogP) is 0.597. The van der Waals surface area contributed by atoms with E-state index in [0.717, 1.165) is 0 Å². The first-order valence-corrected chi connectivity index (χ1v) is 8.84. The molecule has 0 fully saturated rings. The van der Waals surface area contributed by atoms with E-state index in [1.165, 1.54) is 7.11 Å². The normalized spacial score (nSPS) is 10.2. The largest absolute Gasteiger partial charge is 0.377 e. The Morgan fingerprint density at radius 3 is 1.68 bits per heavy atom. The van der Waals surface area contributed by atoms with Gasteiger partial charge < -0.3 is 29.6 Å². The minimum absolute atomic E-state index is 0.00775. The first kappa shape index (κ1) is 26.0. The summed E-state index contributed by atoms with van der Waals surface area (Å²) in [7, 11) is 1.47. The van der Waals surface area contributed by atoms with Gasteiger partial charge in [-0.3, -0.25) is 9.59 Å². The molecule has 0 saturated carbocycles. The van der Waals surface area contributed by atoms with Crippen molar-refractivity contribution in [2.24, 2.45) is 5.92 Å². The minimum Gasteiger partial charge on any atom is -0.377 e. The lowest BCUT2D eigenvalue weighted by atomic mass is 10.2. The third kappa shape index (κ3) is 20.7. The van der Waals surface area contributed by atoms with Crippen LogP contribution in [0.3, 0.4) is 0 Å². The van der Waals surface area contributed by atoms with Gasteiger partial charge in [0.2, 0.25) is 11.8 Å². The van der Waals surface area contributed by atoms with Crippen LogP contribution in [0.4, 0.5) is 0 Å². The fourth-order valence-electron chi connectivity index (χ4n) is 1.44. The number of hydrogen-bond donors (Lipinski definition) is 2. The second-order valence-corrected chi connectivity index (χ2v) is 5.07. The molecule has 2 amide bonds. The van der Waals surface area contributed by atoms with E-state index >= 15 is 0 Å². The first-order chi connectivity index (χ1) is 12.1. The van der Waals surface area contributed by atoms with Gasteiger partial charge in [0, 0.05) is 26.1 Å². The molecule has 25 heavy (non-hydrogen) atoms. The van der Waals surface area contributed by atoms with Crippen molar-refractivity contribution in [1.82, 2.24) is 10.6 Å². The Hall–Kier alpha value is -1.22. The predicted molar refractivity (Wildman–Crippen MR) is 96.5 cm³/mol. The summed E-state index contributed by atoms with van der Waals surface area (Å²) >= 11 is 0. The lowest BCUT2D eigenvalue weighted by Crippen LogP contribution is -2.31. The molecule has 0 aliphatic rings. The molecule has 0 unspecified atom stereocenters. The molecular weight excluding hydrogens is 328 g/mol. The van der Waals surface area contributed by atoms with Crippen LogP contribution < -0.4 is 10.6 Å². The van der Waals surface area contributed by atoms with Gasteiger partial charge >= 0.3 is 0 Å². The smallest absolute Gasteiger partial charge is 0.246 e. The molecule has 0 aromatic rings. The van der Waals surface area contributed by atoms with E-state index in [1.807, 2.05) is 27.7 Å². The van der Waals surface area contributed by atoms with Crippen molar-refractivity contribution >= 4 is 11.8 Å². The lowest BCUT2D eigenvalue weighted by Gasteiger charge is -2.09. The molecule has 150 valence electrons. The quantitative estimate of drug-likeness (QED) is 0.413. The molecule has 0 heterocycles. The van der Waals surface area contributed by atoms with E-state index in [9.17, 15) is 9.59 Å². The van der Waals surface area contributed by atoms with Crippen LogP contribution in [0.2, 0.25) is 0 Å². The number of hydrogen-bond acceptors (Lipinski definition) is 6. The fraction of sp³-hybridized carbons (Fsp3) is 0.882. The van der Waals surface area contributed by atoms with E-state index < -0.39 is 0 Å². The van der Waals surface area contributed by atoms with Gasteiger partial charge in [0.05, 0.1) is 39.6 Å². The van der Waals surface area contributed by atoms with Gasteiger partial charge in [-0.05, 0) is 0 Å². The van der Waals surface area contributed by atoms with Crippen LogP contribution in [-0.2, 0) is 28.5 Å². The summed E-state index contributed by atoms with van der Waals surface area (Å²) in [5, 5.41) is 5.42. The van der Waals surface area contributed by atoms with Crippen molar-refractivity contribution < 1.29 is 28.5 Å². The molecule has 8 nitrogen and oxygen atoms in total. The summed E-state index contributed by atoms with van der Waals surface area (Å²) in [4.78, 5) is 22.3. The molecule has 0 atom stereocenters. The molecule has 0 aromatic heterocycles. The summed E-state index contributed by atoms with van der Waals surface area (Å²) in [5.41, 5.74) is 0. The van der Waals surface area contributed by atoms with Crippen LogP contribution in [0.15, 0.2) is 0 Å². The second-order valence-electron chi connectivity index (χ2n) is 5.07. The zero-order valence-electron chi connectivity index (χ0n) is 16.4. The molecule has 0 aliphatic carbocycles. The Bertz CT molecular complexity index is 314. The van der Waals surface area contributed by atoms with Crippen molar-refractivity contribution in [3.05, 3.63) is 0 Å². The van der Waals surface area contributed by atoms with Crippen molar-refractivity contribution in [3.63, 3.8) is 0 Å². The zero-order chi connectivity index (χ0) is 19.3. The maximum atomic E-state index is 11.3. The standard InChI is InChI=1S/C15H30N2O6.C2H6/c1-13(2)15(19)17-5-7-22-9-11-23-10-8-21-6-4-16-14(18)12-20-3;1-2/h13H,4-12H2,1-3H3,(H,16,18)(H,17,19);1-2H3. The van der Waals surface area contributed by atoms with Crippen molar-refractivity contribution in [2.75, 3.05) is 66.4 Å². The highest BCUT2D eigenvalue weighted by atomic mass is 16.5. The molecule has 0 spiro atoms. The third-order valence-electron chi connectivity index (χ3n) is 2.66. The number of carbonyl (C=O) groups is 2. The van der Waals surface area contributed by atoms with Gasteiger partial charge in [-0.1, -0.05) is 27.7 Å². The molecule has 8 heteroatoms. The molecule has 0 saturated heterocycles. The SMILES string of the molecule is CC.COCC(=O)NCCOCCOCCOCCNC(=O)C(C)C. The van der Waals surface area contributed by atoms with E-state index in [1.54, 1.807) is 0 Å². The van der Waals surface area contributed by atoms with Gasteiger partial charge in [-0.25, -0.2) is 0 Å².